The van der Waals surface area contributed by atoms with Crippen LogP contribution in [0.2, 0.25) is 0 Å². The van der Waals surface area contributed by atoms with Gasteiger partial charge in [0.2, 0.25) is 5.91 Å². The van der Waals surface area contributed by atoms with E-state index in [4.69, 9.17) is 4.74 Å². The highest BCUT2D eigenvalue weighted by Gasteiger charge is 2.26. The SMILES string of the molecule is CC(C)CNC(=O)[C@H](C)N(Cc1ccccc1)C(=O)COc1ccccc1. The molecular weight excluding hydrogens is 340 g/mol. The summed E-state index contributed by atoms with van der Waals surface area (Å²) in [4.78, 5) is 26.9. The zero-order valence-electron chi connectivity index (χ0n) is 16.2. The second kappa shape index (κ2) is 10.4. The van der Waals surface area contributed by atoms with Gasteiger partial charge in [0.15, 0.2) is 6.61 Å². The van der Waals surface area contributed by atoms with Crippen LogP contribution >= 0.6 is 0 Å². The lowest BCUT2D eigenvalue weighted by molar-refractivity contribution is -0.142. The van der Waals surface area contributed by atoms with Crippen molar-refractivity contribution >= 4 is 11.8 Å². The molecule has 0 radical (unpaired) electrons. The molecule has 0 unspecified atom stereocenters. The lowest BCUT2D eigenvalue weighted by Crippen LogP contribution is -2.49. The summed E-state index contributed by atoms with van der Waals surface area (Å²) in [7, 11) is 0. The van der Waals surface area contributed by atoms with E-state index in [0.717, 1.165) is 5.56 Å². The lowest BCUT2D eigenvalue weighted by Gasteiger charge is -2.29. The fourth-order valence-corrected chi connectivity index (χ4v) is 2.56. The standard InChI is InChI=1S/C22H28N2O3/c1-17(2)14-23-22(26)18(3)24(15-19-10-6-4-7-11-19)21(25)16-27-20-12-8-5-9-13-20/h4-13,17-18H,14-16H2,1-3H3,(H,23,26)/t18-/m0/s1. The molecule has 27 heavy (non-hydrogen) atoms. The highest BCUT2D eigenvalue weighted by Crippen LogP contribution is 2.12. The summed E-state index contributed by atoms with van der Waals surface area (Å²) >= 11 is 0. The quantitative estimate of drug-likeness (QED) is 0.739. The summed E-state index contributed by atoms with van der Waals surface area (Å²) in [5, 5.41) is 2.90. The molecule has 144 valence electrons. The van der Waals surface area contributed by atoms with E-state index in [-0.39, 0.29) is 18.4 Å². The number of nitrogens with one attached hydrogen (secondary N) is 1. The average Bonchev–Trinajstić information content (AvgIpc) is 2.69. The lowest BCUT2D eigenvalue weighted by atomic mass is 10.1. The first kappa shape index (κ1) is 20.5. The molecule has 0 saturated heterocycles. The minimum Gasteiger partial charge on any atom is -0.484 e. The van der Waals surface area contributed by atoms with Crippen LogP contribution in [0.25, 0.3) is 0 Å². The van der Waals surface area contributed by atoms with Gasteiger partial charge in [0, 0.05) is 13.1 Å². The van der Waals surface area contributed by atoms with Gasteiger partial charge in [0.1, 0.15) is 11.8 Å². The van der Waals surface area contributed by atoms with Gasteiger partial charge >= 0.3 is 0 Å². The number of benzene rings is 2. The van der Waals surface area contributed by atoms with E-state index in [0.29, 0.717) is 24.8 Å². The van der Waals surface area contributed by atoms with E-state index in [1.807, 2.05) is 62.4 Å². The van der Waals surface area contributed by atoms with Crippen LogP contribution in [0, 0.1) is 5.92 Å². The van der Waals surface area contributed by atoms with Gasteiger partial charge in [0.25, 0.3) is 5.91 Å². The second-order valence-electron chi connectivity index (χ2n) is 6.92. The van der Waals surface area contributed by atoms with Crippen LogP contribution in [-0.4, -0.2) is 35.9 Å². The maximum atomic E-state index is 12.8. The molecule has 0 heterocycles. The topological polar surface area (TPSA) is 58.6 Å². The van der Waals surface area contributed by atoms with Gasteiger partial charge in [-0.2, -0.15) is 0 Å². The third-order valence-corrected chi connectivity index (χ3v) is 4.15. The number of hydrogen-bond donors (Lipinski definition) is 1. The molecule has 2 rings (SSSR count). The van der Waals surface area contributed by atoms with Gasteiger partial charge in [0.05, 0.1) is 0 Å². The predicted octanol–water partition coefficient (Wildman–Crippen LogP) is 3.25. The molecule has 0 fully saturated rings. The van der Waals surface area contributed by atoms with Gasteiger partial charge < -0.3 is 15.0 Å². The van der Waals surface area contributed by atoms with E-state index in [1.165, 1.54) is 0 Å². The van der Waals surface area contributed by atoms with E-state index in [1.54, 1.807) is 24.0 Å². The third kappa shape index (κ3) is 6.77. The molecule has 0 saturated carbocycles. The highest BCUT2D eigenvalue weighted by molar-refractivity contribution is 5.87. The van der Waals surface area contributed by atoms with Crippen molar-refractivity contribution in [3.8, 4) is 5.75 Å². The summed E-state index contributed by atoms with van der Waals surface area (Å²) in [6.45, 7) is 6.64. The van der Waals surface area contributed by atoms with Crippen molar-refractivity contribution < 1.29 is 14.3 Å². The molecule has 2 aromatic carbocycles. The molecule has 0 aromatic heterocycles. The molecule has 0 spiro atoms. The molecule has 0 aliphatic rings. The molecular formula is C22H28N2O3. The zero-order valence-corrected chi connectivity index (χ0v) is 16.2. The van der Waals surface area contributed by atoms with Crippen LogP contribution in [0.3, 0.4) is 0 Å². The number of carbonyl (C=O) groups is 2. The monoisotopic (exact) mass is 368 g/mol. The fourth-order valence-electron chi connectivity index (χ4n) is 2.56. The highest BCUT2D eigenvalue weighted by atomic mass is 16.5. The zero-order chi connectivity index (χ0) is 19.6. The Kier molecular flexibility index (Phi) is 7.86. The normalized spacial score (nSPS) is 11.7. The predicted molar refractivity (Wildman–Crippen MR) is 106 cm³/mol. The van der Waals surface area contributed by atoms with Crippen molar-refractivity contribution in [3.63, 3.8) is 0 Å². The summed E-state index contributed by atoms with van der Waals surface area (Å²) in [5.74, 6) is 0.589. The Morgan fingerprint density at radius 1 is 0.963 bits per heavy atom. The van der Waals surface area contributed by atoms with Gasteiger partial charge in [-0.3, -0.25) is 9.59 Å². The first-order valence-electron chi connectivity index (χ1n) is 9.26. The van der Waals surface area contributed by atoms with E-state index < -0.39 is 6.04 Å². The molecule has 2 aromatic rings. The van der Waals surface area contributed by atoms with Crippen molar-refractivity contribution in [1.29, 1.82) is 0 Å². The van der Waals surface area contributed by atoms with Crippen molar-refractivity contribution in [1.82, 2.24) is 10.2 Å². The van der Waals surface area contributed by atoms with Crippen molar-refractivity contribution in [2.75, 3.05) is 13.2 Å². The largest absolute Gasteiger partial charge is 0.484 e. The maximum Gasteiger partial charge on any atom is 0.261 e. The van der Waals surface area contributed by atoms with Crippen LogP contribution in [0.15, 0.2) is 60.7 Å². The van der Waals surface area contributed by atoms with Gasteiger partial charge in [-0.25, -0.2) is 0 Å². The molecule has 5 heteroatoms. The van der Waals surface area contributed by atoms with E-state index in [2.05, 4.69) is 5.32 Å². The van der Waals surface area contributed by atoms with Gasteiger partial charge in [-0.05, 0) is 30.5 Å². The fraction of sp³-hybridized carbons (Fsp3) is 0.364. The number of hydrogen-bond acceptors (Lipinski definition) is 3. The van der Waals surface area contributed by atoms with Crippen LogP contribution in [0.4, 0.5) is 0 Å². The first-order valence-corrected chi connectivity index (χ1v) is 9.26. The molecule has 1 atom stereocenters. The molecule has 0 aliphatic carbocycles. The third-order valence-electron chi connectivity index (χ3n) is 4.15. The van der Waals surface area contributed by atoms with Crippen LogP contribution in [0.1, 0.15) is 26.3 Å². The van der Waals surface area contributed by atoms with Crippen LogP contribution in [0.5, 0.6) is 5.75 Å². The Balaban J connectivity index is 2.07. The molecule has 0 bridgehead atoms. The Morgan fingerprint density at radius 3 is 2.15 bits per heavy atom. The van der Waals surface area contributed by atoms with Crippen molar-refractivity contribution in [2.45, 2.75) is 33.4 Å². The van der Waals surface area contributed by atoms with Gasteiger partial charge in [-0.15, -0.1) is 0 Å². The number of ether oxygens (including phenoxy) is 1. The van der Waals surface area contributed by atoms with Crippen molar-refractivity contribution in [3.05, 3.63) is 66.2 Å². The smallest absolute Gasteiger partial charge is 0.261 e. The van der Waals surface area contributed by atoms with Crippen LogP contribution < -0.4 is 10.1 Å². The number of rotatable bonds is 9. The van der Waals surface area contributed by atoms with E-state index in [9.17, 15) is 9.59 Å². The second-order valence-corrected chi connectivity index (χ2v) is 6.92. The first-order chi connectivity index (χ1) is 13.0. The van der Waals surface area contributed by atoms with Crippen molar-refractivity contribution in [2.24, 2.45) is 5.92 Å². The number of carbonyl (C=O) groups excluding carboxylic acids is 2. The summed E-state index contributed by atoms with van der Waals surface area (Å²) in [6, 6.07) is 18.2. The van der Waals surface area contributed by atoms with Crippen LogP contribution in [-0.2, 0) is 16.1 Å². The Hall–Kier alpha value is -2.82. The van der Waals surface area contributed by atoms with E-state index >= 15 is 0 Å². The average molecular weight is 368 g/mol. The molecule has 5 nitrogen and oxygen atoms in total. The Labute approximate surface area is 161 Å². The summed E-state index contributed by atoms with van der Waals surface area (Å²) < 4.78 is 5.59. The minimum atomic E-state index is -0.587. The Morgan fingerprint density at radius 2 is 1.56 bits per heavy atom. The number of nitrogens with zero attached hydrogens (tertiary/aromatic N) is 1. The molecule has 1 N–H and O–H groups in total. The summed E-state index contributed by atoms with van der Waals surface area (Å²) in [5.41, 5.74) is 0.967. The van der Waals surface area contributed by atoms with Gasteiger partial charge in [-0.1, -0.05) is 62.4 Å². The minimum absolute atomic E-state index is 0.112. The maximum absolute atomic E-state index is 12.8. The molecule has 0 aliphatic heterocycles. The number of para-hydroxylation sites is 1. The summed E-state index contributed by atoms with van der Waals surface area (Å²) in [6.07, 6.45) is 0. The number of amides is 2. The molecule has 2 amide bonds. The Bertz CT molecular complexity index is 717.